The van der Waals surface area contributed by atoms with Crippen LogP contribution in [0.4, 0.5) is 5.69 Å². The highest BCUT2D eigenvalue weighted by atomic mass is 15.3. The van der Waals surface area contributed by atoms with Crippen LogP contribution in [-0.2, 0) is 13.6 Å². The number of anilines is 1. The lowest BCUT2D eigenvalue weighted by Gasteiger charge is -2.04. The average molecular weight is 219 g/mol. The predicted molar refractivity (Wildman–Crippen MR) is 63.1 cm³/mol. The molecule has 0 aliphatic carbocycles. The van der Waals surface area contributed by atoms with Gasteiger partial charge in [0, 0.05) is 31.7 Å². The van der Waals surface area contributed by atoms with E-state index in [0.29, 0.717) is 12.6 Å². The smallest absolute Gasteiger partial charge is 0.127 e. The maximum absolute atomic E-state index is 4.27. The molecular formula is C11H17N5. The summed E-state index contributed by atoms with van der Waals surface area (Å²) in [5, 5.41) is 7.56. The van der Waals surface area contributed by atoms with Gasteiger partial charge in [0.2, 0.25) is 0 Å². The molecule has 0 aliphatic heterocycles. The Labute approximate surface area is 95.1 Å². The Hall–Kier alpha value is -1.78. The summed E-state index contributed by atoms with van der Waals surface area (Å²) >= 11 is 0. The molecule has 0 unspecified atom stereocenters. The van der Waals surface area contributed by atoms with Crippen LogP contribution in [0.1, 0.15) is 25.7 Å². The van der Waals surface area contributed by atoms with Gasteiger partial charge in [0.05, 0.1) is 18.4 Å². The molecule has 16 heavy (non-hydrogen) atoms. The number of rotatable bonds is 4. The van der Waals surface area contributed by atoms with Crippen molar-refractivity contribution in [2.24, 2.45) is 7.05 Å². The van der Waals surface area contributed by atoms with Gasteiger partial charge in [0.15, 0.2) is 0 Å². The van der Waals surface area contributed by atoms with Gasteiger partial charge in [-0.15, -0.1) is 0 Å². The first-order valence-electron chi connectivity index (χ1n) is 5.41. The molecule has 0 bridgehead atoms. The molecule has 0 amide bonds. The van der Waals surface area contributed by atoms with E-state index in [1.165, 1.54) is 0 Å². The van der Waals surface area contributed by atoms with Gasteiger partial charge in [-0.2, -0.15) is 5.10 Å². The first kappa shape index (κ1) is 10.7. The van der Waals surface area contributed by atoms with Crippen LogP contribution in [0.5, 0.6) is 0 Å². The second kappa shape index (κ2) is 4.38. The normalized spacial score (nSPS) is 11.0. The molecule has 0 aliphatic rings. The minimum absolute atomic E-state index is 0.392. The fraction of sp³-hybridized carbons (Fsp3) is 0.455. The van der Waals surface area contributed by atoms with E-state index >= 15 is 0 Å². The summed E-state index contributed by atoms with van der Waals surface area (Å²) in [7, 11) is 1.99. The topological polar surface area (TPSA) is 47.7 Å². The van der Waals surface area contributed by atoms with Crippen molar-refractivity contribution in [2.45, 2.75) is 26.4 Å². The number of imidazole rings is 1. The van der Waals surface area contributed by atoms with Gasteiger partial charge in [-0.3, -0.25) is 4.68 Å². The standard InChI is InChI=1S/C11H17N5/c1-9(2)16-8-10(6-14-16)13-7-11-12-4-5-15(11)3/h4-6,8-9,13H,7H2,1-3H3. The van der Waals surface area contributed by atoms with Crippen molar-refractivity contribution in [3.63, 3.8) is 0 Å². The fourth-order valence-corrected chi connectivity index (χ4v) is 1.46. The number of aryl methyl sites for hydroxylation is 1. The summed E-state index contributed by atoms with van der Waals surface area (Å²) < 4.78 is 3.93. The Bertz CT molecular complexity index is 454. The van der Waals surface area contributed by atoms with Crippen molar-refractivity contribution in [2.75, 3.05) is 5.32 Å². The maximum atomic E-state index is 4.27. The van der Waals surface area contributed by atoms with Gasteiger partial charge in [-0.25, -0.2) is 4.98 Å². The fourth-order valence-electron chi connectivity index (χ4n) is 1.46. The molecule has 0 saturated heterocycles. The van der Waals surface area contributed by atoms with Crippen LogP contribution in [0.3, 0.4) is 0 Å². The Morgan fingerprint density at radius 1 is 1.44 bits per heavy atom. The van der Waals surface area contributed by atoms with Crippen molar-refractivity contribution in [3.05, 3.63) is 30.6 Å². The van der Waals surface area contributed by atoms with Gasteiger partial charge < -0.3 is 9.88 Å². The van der Waals surface area contributed by atoms with E-state index < -0.39 is 0 Å². The van der Waals surface area contributed by atoms with Crippen LogP contribution < -0.4 is 5.32 Å². The molecule has 0 radical (unpaired) electrons. The third-order valence-electron chi connectivity index (χ3n) is 2.50. The first-order chi connectivity index (χ1) is 7.66. The van der Waals surface area contributed by atoms with Crippen LogP contribution in [0.25, 0.3) is 0 Å². The van der Waals surface area contributed by atoms with E-state index in [1.807, 2.05) is 34.9 Å². The Morgan fingerprint density at radius 3 is 2.81 bits per heavy atom. The zero-order valence-electron chi connectivity index (χ0n) is 9.88. The molecule has 2 aromatic rings. The predicted octanol–water partition coefficient (Wildman–Crippen LogP) is 1.81. The number of hydrogen-bond donors (Lipinski definition) is 1. The molecule has 2 heterocycles. The van der Waals surface area contributed by atoms with Gasteiger partial charge in [-0.1, -0.05) is 0 Å². The second-order valence-corrected chi connectivity index (χ2v) is 4.11. The van der Waals surface area contributed by atoms with Gasteiger partial charge in [0.25, 0.3) is 0 Å². The minimum Gasteiger partial charge on any atom is -0.375 e. The summed E-state index contributed by atoms with van der Waals surface area (Å²) in [5.74, 6) is 1.01. The van der Waals surface area contributed by atoms with Gasteiger partial charge >= 0.3 is 0 Å². The monoisotopic (exact) mass is 219 g/mol. The van der Waals surface area contributed by atoms with E-state index in [9.17, 15) is 0 Å². The van der Waals surface area contributed by atoms with Crippen molar-refractivity contribution < 1.29 is 0 Å². The number of hydrogen-bond acceptors (Lipinski definition) is 3. The van der Waals surface area contributed by atoms with E-state index in [0.717, 1.165) is 11.5 Å². The molecule has 0 aromatic carbocycles. The van der Waals surface area contributed by atoms with Gasteiger partial charge in [0.1, 0.15) is 5.82 Å². The molecule has 0 fully saturated rings. The third kappa shape index (κ3) is 2.24. The number of nitrogens with one attached hydrogen (secondary N) is 1. The maximum Gasteiger partial charge on any atom is 0.127 e. The molecule has 2 aromatic heterocycles. The lowest BCUT2D eigenvalue weighted by molar-refractivity contribution is 0.532. The molecule has 1 N–H and O–H groups in total. The van der Waals surface area contributed by atoms with E-state index in [4.69, 9.17) is 0 Å². The van der Waals surface area contributed by atoms with Crippen LogP contribution in [0.2, 0.25) is 0 Å². The summed E-state index contributed by atoms with van der Waals surface area (Å²) in [5.41, 5.74) is 1.02. The summed E-state index contributed by atoms with van der Waals surface area (Å²) in [6, 6.07) is 0.392. The van der Waals surface area contributed by atoms with Crippen molar-refractivity contribution in [1.29, 1.82) is 0 Å². The molecule has 86 valence electrons. The van der Waals surface area contributed by atoms with Crippen molar-refractivity contribution in [1.82, 2.24) is 19.3 Å². The quantitative estimate of drug-likeness (QED) is 0.853. The zero-order chi connectivity index (χ0) is 11.5. The Morgan fingerprint density at radius 2 is 2.25 bits per heavy atom. The Kier molecular flexibility index (Phi) is 2.94. The Balaban J connectivity index is 1.97. The molecule has 0 spiro atoms. The number of aromatic nitrogens is 4. The van der Waals surface area contributed by atoms with Crippen LogP contribution in [0, 0.1) is 0 Å². The van der Waals surface area contributed by atoms with Crippen molar-refractivity contribution >= 4 is 5.69 Å². The van der Waals surface area contributed by atoms with E-state index in [-0.39, 0.29) is 0 Å². The van der Waals surface area contributed by atoms with Crippen LogP contribution in [-0.4, -0.2) is 19.3 Å². The zero-order valence-corrected chi connectivity index (χ0v) is 9.88. The van der Waals surface area contributed by atoms with Crippen molar-refractivity contribution in [3.8, 4) is 0 Å². The third-order valence-corrected chi connectivity index (χ3v) is 2.50. The highest BCUT2D eigenvalue weighted by Gasteiger charge is 2.02. The van der Waals surface area contributed by atoms with Crippen LogP contribution in [0.15, 0.2) is 24.8 Å². The second-order valence-electron chi connectivity index (χ2n) is 4.11. The molecule has 0 atom stereocenters. The lowest BCUT2D eigenvalue weighted by Crippen LogP contribution is -2.05. The summed E-state index contributed by atoms with van der Waals surface area (Å²) in [4.78, 5) is 4.25. The molecule has 5 heteroatoms. The van der Waals surface area contributed by atoms with E-state index in [2.05, 4.69) is 29.2 Å². The first-order valence-corrected chi connectivity index (χ1v) is 5.41. The van der Waals surface area contributed by atoms with E-state index in [1.54, 1.807) is 6.20 Å². The molecule has 5 nitrogen and oxygen atoms in total. The molecular weight excluding hydrogens is 202 g/mol. The molecule has 2 rings (SSSR count). The largest absolute Gasteiger partial charge is 0.375 e. The highest BCUT2D eigenvalue weighted by Crippen LogP contribution is 2.10. The lowest BCUT2D eigenvalue weighted by atomic mass is 10.4. The molecule has 0 saturated carbocycles. The van der Waals surface area contributed by atoms with Crippen LogP contribution >= 0.6 is 0 Å². The average Bonchev–Trinajstić information content (AvgIpc) is 2.83. The number of nitrogens with zero attached hydrogens (tertiary/aromatic N) is 4. The SMILES string of the molecule is CC(C)n1cc(NCc2nccn2C)cn1. The minimum atomic E-state index is 0.392. The highest BCUT2D eigenvalue weighted by molar-refractivity contribution is 5.38. The van der Waals surface area contributed by atoms with Gasteiger partial charge in [-0.05, 0) is 13.8 Å². The summed E-state index contributed by atoms with van der Waals surface area (Å²) in [6.45, 7) is 4.93. The summed E-state index contributed by atoms with van der Waals surface area (Å²) in [6.07, 6.45) is 7.58.